The number of nitrogens with zero attached hydrogens (tertiary/aromatic N) is 1. The first kappa shape index (κ1) is 17.5. The van der Waals surface area contributed by atoms with E-state index in [4.69, 9.17) is 0 Å². The molecule has 124 valence electrons. The van der Waals surface area contributed by atoms with Gasteiger partial charge in [-0.2, -0.15) is 29.2 Å². The van der Waals surface area contributed by atoms with E-state index < -0.39 is 10.2 Å². The van der Waals surface area contributed by atoms with E-state index in [2.05, 4.69) is 17.0 Å². The molecule has 7 heteroatoms. The van der Waals surface area contributed by atoms with Crippen LogP contribution >= 0.6 is 11.8 Å². The molecule has 0 aromatic carbocycles. The number of rotatable bonds is 7. The van der Waals surface area contributed by atoms with E-state index in [0.717, 1.165) is 63.1 Å². The van der Waals surface area contributed by atoms with Gasteiger partial charge in [0.05, 0.1) is 0 Å². The van der Waals surface area contributed by atoms with Crippen molar-refractivity contribution >= 4 is 22.0 Å². The van der Waals surface area contributed by atoms with Crippen molar-refractivity contribution < 1.29 is 8.42 Å². The average molecular weight is 336 g/mol. The largest absolute Gasteiger partial charge is 0.315 e. The fraction of sp³-hybridized carbons (Fsp3) is 1.00. The van der Waals surface area contributed by atoms with E-state index in [9.17, 15) is 8.42 Å². The Kier molecular flexibility index (Phi) is 7.28. The predicted molar refractivity (Wildman–Crippen MR) is 89.9 cm³/mol. The summed E-state index contributed by atoms with van der Waals surface area (Å²) in [7, 11) is -3.34. The Hall–Kier alpha value is 0.180. The molecule has 2 aliphatic heterocycles. The molecule has 2 fully saturated rings. The number of thioether (sulfide) groups is 1. The van der Waals surface area contributed by atoms with Crippen LogP contribution in [0.2, 0.25) is 0 Å². The standard InChI is InChI=1S/C14H29N3O2S2/c1-2-8-15-12-14-5-3-4-9-17(14)21(18,19)16-13-6-10-20-11-7-13/h13-16H,2-12H2,1H3. The topological polar surface area (TPSA) is 61.4 Å². The van der Waals surface area contributed by atoms with Gasteiger partial charge in [0.1, 0.15) is 0 Å². The van der Waals surface area contributed by atoms with Crippen LogP contribution in [0.1, 0.15) is 45.4 Å². The summed E-state index contributed by atoms with van der Waals surface area (Å²) in [5.41, 5.74) is 0. The first-order valence-electron chi connectivity index (χ1n) is 8.21. The molecule has 21 heavy (non-hydrogen) atoms. The highest BCUT2D eigenvalue weighted by Crippen LogP contribution is 2.22. The van der Waals surface area contributed by atoms with Crippen molar-refractivity contribution in [2.75, 3.05) is 31.1 Å². The van der Waals surface area contributed by atoms with Crippen LogP contribution in [0.5, 0.6) is 0 Å². The van der Waals surface area contributed by atoms with E-state index >= 15 is 0 Å². The normalized spacial score (nSPS) is 26.0. The lowest BCUT2D eigenvalue weighted by atomic mass is 10.1. The van der Waals surface area contributed by atoms with Gasteiger partial charge in [0.25, 0.3) is 10.2 Å². The second-order valence-corrected chi connectivity index (χ2v) is 8.85. The zero-order valence-corrected chi connectivity index (χ0v) is 14.6. The average Bonchev–Trinajstić information content (AvgIpc) is 2.48. The predicted octanol–water partition coefficient (Wildman–Crippen LogP) is 1.57. The fourth-order valence-electron chi connectivity index (χ4n) is 3.03. The maximum atomic E-state index is 12.7. The molecule has 2 N–H and O–H groups in total. The third-order valence-electron chi connectivity index (χ3n) is 4.23. The van der Waals surface area contributed by atoms with Crippen molar-refractivity contribution in [3.8, 4) is 0 Å². The molecule has 0 saturated carbocycles. The second-order valence-electron chi connectivity index (χ2n) is 5.97. The molecular formula is C14H29N3O2S2. The van der Waals surface area contributed by atoms with Crippen LogP contribution in [0.15, 0.2) is 0 Å². The van der Waals surface area contributed by atoms with Crippen LogP contribution in [-0.4, -0.2) is 55.9 Å². The smallest absolute Gasteiger partial charge is 0.279 e. The van der Waals surface area contributed by atoms with Gasteiger partial charge in [-0.3, -0.25) is 0 Å². The van der Waals surface area contributed by atoms with Crippen LogP contribution in [-0.2, 0) is 10.2 Å². The quantitative estimate of drug-likeness (QED) is 0.693. The lowest BCUT2D eigenvalue weighted by molar-refractivity contribution is 0.241. The van der Waals surface area contributed by atoms with Gasteiger partial charge in [0.15, 0.2) is 0 Å². The molecule has 5 nitrogen and oxygen atoms in total. The molecule has 0 amide bonds. The zero-order valence-electron chi connectivity index (χ0n) is 13.0. The third kappa shape index (κ3) is 5.39. The Morgan fingerprint density at radius 2 is 1.95 bits per heavy atom. The van der Waals surface area contributed by atoms with Gasteiger partial charge >= 0.3 is 0 Å². The minimum Gasteiger partial charge on any atom is -0.315 e. The first-order valence-corrected chi connectivity index (χ1v) is 10.8. The number of hydrogen-bond donors (Lipinski definition) is 2. The Morgan fingerprint density at radius 3 is 2.67 bits per heavy atom. The molecule has 0 aromatic heterocycles. The van der Waals surface area contributed by atoms with Crippen LogP contribution in [0.3, 0.4) is 0 Å². The summed E-state index contributed by atoms with van der Waals surface area (Å²) in [6.45, 7) is 4.52. The van der Waals surface area contributed by atoms with Crippen molar-refractivity contribution in [1.82, 2.24) is 14.3 Å². The van der Waals surface area contributed by atoms with Gasteiger partial charge in [-0.15, -0.1) is 0 Å². The van der Waals surface area contributed by atoms with Gasteiger partial charge in [-0.25, -0.2) is 0 Å². The molecule has 1 atom stereocenters. The van der Waals surface area contributed by atoms with Crippen molar-refractivity contribution in [3.63, 3.8) is 0 Å². The third-order valence-corrected chi connectivity index (χ3v) is 7.00. The van der Waals surface area contributed by atoms with Crippen molar-refractivity contribution in [2.24, 2.45) is 0 Å². The van der Waals surface area contributed by atoms with Gasteiger partial charge in [-0.1, -0.05) is 13.3 Å². The minimum atomic E-state index is -3.34. The summed E-state index contributed by atoms with van der Waals surface area (Å²) in [4.78, 5) is 0. The highest BCUT2D eigenvalue weighted by atomic mass is 32.2. The van der Waals surface area contributed by atoms with E-state index in [1.54, 1.807) is 4.31 Å². The Labute approximate surface area is 133 Å². The Balaban J connectivity index is 1.93. The summed E-state index contributed by atoms with van der Waals surface area (Å²) < 4.78 is 30.0. The van der Waals surface area contributed by atoms with Gasteiger partial charge in [0.2, 0.25) is 0 Å². The Bertz CT molecular complexity index is 397. The molecule has 0 aromatic rings. The SMILES string of the molecule is CCCNCC1CCCCN1S(=O)(=O)NC1CCSCC1. The van der Waals surface area contributed by atoms with E-state index in [1.807, 2.05) is 11.8 Å². The maximum absolute atomic E-state index is 12.7. The lowest BCUT2D eigenvalue weighted by Crippen LogP contribution is -2.54. The van der Waals surface area contributed by atoms with Crippen LogP contribution in [0.25, 0.3) is 0 Å². The summed E-state index contributed by atoms with van der Waals surface area (Å²) >= 11 is 1.92. The second kappa shape index (κ2) is 8.72. The molecule has 1 unspecified atom stereocenters. The zero-order chi connectivity index (χ0) is 15.1. The van der Waals surface area contributed by atoms with E-state index in [0.29, 0.717) is 6.54 Å². The molecule has 2 rings (SSSR count). The molecule has 0 radical (unpaired) electrons. The first-order chi connectivity index (χ1) is 10.1. The van der Waals surface area contributed by atoms with Crippen molar-refractivity contribution in [1.29, 1.82) is 0 Å². The van der Waals surface area contributed by atoms with E-state index in [-0.39, 0.29) is 12.1 Å². The molecule has 0 aliphatic carbocycles. The van der Waals surface area contributed by atoms with Gasteiger partial charge in [0, 0.05) is 25.2 Å². The molecular weight excluding hydrogens is 306 g/mol. The summed E-state index contributed by atoms with van der Waals surface area (Å²) in [5, 5.41) is 3.37. The number of piperidine rings is 1. The molecule has 0 spiro atoms. The van der Waals surface area contributed by atoms with Gasteiger partial charge < -0.3 is 5.32 Å². The van der Waals surface area contributed by atoms with Crippen molar-refractivity contribution in [3.05, 3.63) is 0 Å². The van der Waals surface area contributed by atoms with E-state index in [1.165, 1.54) is 0 Å². The van der Waals surface area contributed by atoms with Crippen molar-refractivity contribution in [2.45, 2.75) is 57.5 Å². The number of nitrogens with one attached hydrogen (secondary N) is 2. The fourth-order valence-corrected chi connectivity index (χ4v) is 5.87. The monoisotopic (exact) mass is 335 g/mol. The van der Waals surface area contributed by atoms with Gasteiger partial charge in [-0.05, 0) is 50.2 Å². The summed E-state index contributed by atoms with van der Waals surface area (Å²) in [5.74, 6) is 2.13. The summed E-state index contributed by atoms with van der Waals surface area (Å²) in [6, 6.07) is 0.239. The lowest BCUT2D eigenvalue weighted by Gasteiger charge is -2.36. The molecule has 2 heterocycles. The summed E-state index contributed by atoms with van der Waals surface area (Å²) in [6.07, 6.45) is 6.07. The number of hydrogen-bond acceptors (Lipinski definition) is 4. The molecule has 2 saturated heterocycles. The minimum absolute atomic E-state index is 0.112. The maximum Gasteiger partial charge on any atom is 0.279 e. The highest BCUT2D eigenvalue weighted by molar-refractivity contribution is 7.99. The van der Waals surface area contributed by atoms with Crippen LogP contribution in [0, 0.1) is 0 Å². The van der Waals surface area contributed by atoms with Crippen LogP contribution in [0.4, 0.5) is 0 Å². The highest BCUT2D eigenvalue weighted by Gasteiger charge is 2.33. The molecule has 2 aliphatic rings. The van der Waals surface area contributed by atoms with Crippen LogP contribution < -0.4 is 10.0 Å². The Morgan fingerprint density at radius 1 is 1.19 bits per heavy atom. The molecule has 0 bridgehead atoms.